The van der Waals surface area contributed by atoms with Crippen LogP contribution in [0, 0.1) is 11.3 Å². The lowest BCUT2D eigenvalue weighted by molar-refractivity contribution is -0.193. The largest absolute Gasteiger partial charge is 0.490 e. The molecule has 2 aromatic rings. The second-order valence-corrected chi connectivity index (χ2v) is 8.53. The van der Waals surface area contributed by atoms with E-state index in [4.69, 9.17) is 29.3 Å². The number of carboxylic acids is 2. The van der Waals surface area contributed by atoms with Gasteiger partial charge in [0.15, 0.2) is 0 Å². The van der Waals surface area contributed by atoms with E-state index >= 15 is 0 Å². The summed E-state index contributed by atoms with van der Waals surface area (Å²) < 4.78 is 75.3. The zero-order valence-electron chi connectivity index (χ0n) is 19.8. The number of aliphatic carboxylic acids is 2. The number of rotatable bonds is 6. The minimum absolute atomic E-state index is 0.122. The summed E-state index contributed by atoms with van der Waals surface area (Å²) in [5.41, 5.74) is 2.37. The maximum Gasteiger partial charge on any atom is 0.490 e. The third kappa shape index (κ3) is 9.87. The first-order chi connectivity index (χ1) is 17.7. The van der Waals surface area contributed by atoms with Crippen molar-refractivity contribution in [1.29, 1.82) is 0 Å². The molecule has 0 aromatic carbocycles. The van der Waals surface area contributed by atoms with E-state index in [-0.39, 0.29) is 5.41 Å². The lowest BCUT2D eigenvalue weighted by Gasteiger charge is -2.27. The van der Waals surface area contributed by atoms with Gasteiger partial charge in [-0.25, -0.2) is 9.59 Å². The molecule has 0 amide bonds. The highest BCUT2D eigenvalue weighted by Crippen LogP contribution is 2.42. The number of aromatic nitrogens is 2. The van der Waals surface area contributed by atoms with Crippen LogP contribution in [0.25, 0.3) is 0 Å². The Hall–Kier alpha value is -3.30. The van der Waals surface area contributed by atoms with Gasteiger partial charge in [-0.2, -0.15) is 26.3 Å². The van der Waals surface area contributed by atoms with Crippen LogP contribution in [0.2, 0.25) is 0 Å². The van der Waals surface area contributed by atoms with Gasteiger partial charge in [0.2, 0.25) is 0 Å². The number of halogens is 6. The summed E-state index contributed by atoms with van der Waals surface area (Å²) in [5, 5.41) is 14.2. The molecule has 0 radical (unpaired) electrons. The molecule has 0 aliphatic carbocycles. The number of carboxylic acid groups (broad SMARTS) is 2. The molecule has 2 saturated heterocycles. The smallest absolute Gasteiger partial charge is 0.475 e. The van der Waals surface area contributed by atoms with Gasteiger partial charge in [0, 0.05) is 49.6 Å². The molecule has 2 atom stereocenters. The van der Waals surface area contributed by atoms with Crippen molar-refractivity contribution < 1.29 is 55.6 Å². The lowest BCUT2D eigenvalue weighted by atomic mass is 9.82. The fourth-order valence-electron chi connectivity index (χ4n) is 3.86. The number of alkyl halides is 6. The molecule has 2 fully saturated rings. The number of hydrogen-bond acceptors (Lipinski definition) is 7. The molecule has 2 aliphatic heterocycles. The van der Waals surface area contributed by atoms with Crippen LogP contribution in [-0.4, -0.2) is 82.3 Å². The van der Waals surface area contributed by atoms with Crippen LogP contribution in [0.3, 0.4) is 0 Å². The van der Waals surface area contributed by atoms with Crippen molar-refractivity contribution in [2.24, 2.45) is 11.3 Å². The molecular weight excluding hydrogens is 528 g/mol. The van der Waals surface area contributed by atoms with Crippen LogP contribution >= 0.6 is 0 Å². The van der Waals surface area contributed by atoms with Crippen molar-refractivity contribution in [3.05, 3.63) is 60.2 Å². The molecule has 0 unspecified atom stereocenters. The zero-order chi connectivity index (χ0) is 28.4. The monoisotopic (exact) mass is 553 g/mol. The molecular formula is C23H25F6N3O6. The standard InChI is InChI=1S/C19H23N3O2.2C2HF3O2/c1-2-7-21-18(5-1)12-24-15-19-13-22(10-17(19)11-23-14-19)9-16-4-3-6-20-8-16;2*3-2(4,5)1(6)7/h1-8,17H,9-15H2;2*(H,6,7)/t17-,19+;;/m1../s1. The van der Waals surface area contributed by atoms with Crippen molar-refractivity contribution in [2.45, 2.75) is 25.5 Å². The van der Waals surface area contributed by atoms with Gasteiger partial charge >= 0.3 is 24.3 Å². The quantitative estimate of drug-likeness (QED) is 0.519. The first-order valence-corrected chi connectivity index (χ1v) is 11.0. The Morgan fingerprint density at radius 1 is 1.05 bits per heavy atom. The fraction of sp³-hybridized carbons (Fsp3) is 0.478. The number of fused-ring (bicyclic) bond motifs is 1. The van der Waals surface area contributed by atoms with E-state index in [1.54, 1.807) is 0 Å². The van der Waals surface area contributed by atoms with Gasteiger partial charge in [0.25, 0.3) is 0 Å². The molecule has 38 heavy (non-hydrogen) atoms. The maximum absolute atomic E-state index is 10.6. The van der Waals surface area contributed by atoms with Crippen molar-refractivity contribution >= 4 is 11.9 Å². The minimum atomic E-state index is -5.08. The van der Waals surface area contributed by atoms with Gasteiger partial charge in [0.1, 0.15) is 0 Å². The van der Waals surface area contributed by atoms with E-state index in [0.29, 0.717) is 12.5 Å². The molecule has 4 heterocycles. The molecule has 0 saturated carbocycles. The third-order valence-electron chi connectivity index (χ3n) is 5.57. The zero-order valence-corrected chi connectivity index (χ0v) is 19.8. The van der Waals surface area contributed by atoms with E-state index in [1.807, 2.05) is 42.9 Å². The highest BCUT2D eigenvalue weighted by atomic mass is 19.4. The Balaban J connectivity index is 0.000000301. The van der Waals surface area contributed by atoms with Gasteiger partial charge in [0.05, 0.1) is 32.1 Å². The average molecular weight is 553 g/mol. The molecule has 2 N–H and O–H groups in total. The average Bonchev–Trinajstić information content (AvgIpc) is 3.36. The number of hydrogen-bond donors (Lipinski definition) is 2. The summed E-state index contributed by atoms with van der Waals surface area (Å²) in [6, 6.07) is 10.1. The van der Waals surface area contributed by atoms with E-state index < -0.39 is 24.3 Å². The highest BCUT2D eigenvalue weighted by Gasteiger charge is 2.50. The molecule has 15 heteroatoms. The van der Waals surface area contributed by atoms with Crippen molar-refractivity contribution in [2.75, 3.05) is 32.9 Å². The van der Waals surface area contributed by atoms with Gasteiger partial charge in [-0.05, 0) is 23.8 Å². The normalized spacial score (nSPS) is 20.9. The number of nitrogens with zero attached hydrogens (tertiary/aromatic N) is 3. The number of carbonyl (C=O) groups is 2. The lowest BCUT2D eigenvalue weighted by Crippen LogP contribution is -2.35. The second-order valence-electron chi connectivity index (χ2n) is 8.53. The maximum atomic E-state index is 10.6. The number of pyridine rings is 2. The van der Waals surface area contributed by atoms with Crippen LogP contribution in [-0.2, 0) is 32.2 Å². The predicted octanol–water partition coefficient (Wildman–Crippen LogP) is 3.41. The fourth-order valence-corrected chi connectivity index (χ4v) is 3.86. The Bertz CT molecular complexity index is 1000. The summed E-state index contributed by atoms with van der Waals surface area (Å²) in [4.78, 5) is 28.8. The Morgan fingerprint density at radius 2 is 1.71 bits per heavy atom. The molecule has 0 spiro atoms. The predicted molar refractivity (Wildman–Crippen MR) is 118 cm³/mol. The Labute approximate surface area is 213 Å². The molecule has 210 valence electrons. The molecule has 0 bridgehead atoms. The van der Waals surface area contributed by atoms with Crippen LogP contribution in [0.15, 0.2) is 48.9 Å². The summed E-state index contributed by atoms with van der Waals surface area (Å²) in [6.07, 6.45) is -4.58. The van der Waals surface area contributed by atoms with Gasteiger partial charge in [-0.15, -0.1) is 0 Å². The van der Waals surface area contributed by atoms with E-state index in [2.05, 4.69) is 20.9 Å². The third-order valence-corrected chi connectivity index (χ3v) is 5.57. The van der Waals surface area contributed by atoms with Crippen molar-refractivity contribution in [3.8, 4) is 0 Å². The first-order valence-electron chi connectivity index (χ1n) is 11.0. The van der Waals surface area contributed by atoms with Gasteiger partial charge in [-0.3, -0.25) is 14.9 Å². The number of likely N-dealkylation sites (tertiary alicyclic amines) is 1. The van der Waals surface area contributed by atoms with Crippen molar-refractivity contribution in [1.82, 2.24) is 14.9 Å². The number of ether oxygens (including phenoxy) is 2. The Morgan fingerprint density at radius 3 is 2.24 bits per heavy atom. The summed E-state index contributed by atoms with van der Waals surface area (Å²) in [7, 11) is 0. The van der Waals surface area contributed by atoms with E-state index in [9.17, 15) is 26.3 Å². The minimum Gasteiger partial charge on any atom is -0.475 e. The van der Waals surface area contributed by atoms with Crippen LogP contribution in [0.1, 0.15) is 11.3 Å². The van der Waals surface area contributed by atoms with Crippen LogP contribution in [0.5, 0.6) is 0 Å². The summed E-state index contributed by atoms with van der Waals surface area (Å²) in [5.74, 6) is -4.96. The molecule has 2 aromatic heterocycles. The Kier molecular flexibility index (Phi) is 11.0. The molecule has 2 aliphatic rings. The SMILES string of the molecule is O=C(O)C(F)(F)F.O=C(O)C(F)(F)F.c1ccc(COC[C@]23COC[C@H]2CN(Cc2cccnc2)C3)nc1. The highest BCUT2D eigenvalue weighted by molar-refractivity contribution is 5.73. The van der Waals surface area contributed by atoms with Crippen molar-refractivity contribution in [3.63, 3.8) is 0 Å². The van der Waals surface area contributed by atoms with Crippen LogP contribution < -0.4 is 0 Å². The summed E-state index contributed by atoms with van der Waals surface area (Å²) >= 11 is 0. The van der Waals surface area contributed by atoms with Gasteiger partial charge in [-0.1, -0.05) is 12.1 Å². The van der Waals surface area contributed by atoms with Crippen LogP contribution in [0.4, 0.5) is 26.3 Å². The molecule has 4 rings (SSSR count). The van der Waals surface area contributed by atoms with Gasteiger partial charge < -0.3 is 19.7 Å². The van der Waals surface area contributed by atoms with E-state index in [1.165, 1.54) is 5.56 Å². The van der Waals surface area contributed by atoms with E-state index in [0.717, 1.165) is 45.1 Å². The molecule has 9 nitrogen and oxygen atoms in total. The summed E-state index contributed by atoms with van der Waals surface area (Å²) in [6.45, 7) is 5.98. The first kappa shape index (κ1) is 30.9. The topological polar surface area (TPSA) is 122 Å². The second kappa shape index (κ2) is 13.5.